The minimum Gasteiger partial charge on any atom is -0.342 e. The number of pyridine rings is 1. The number of likely N-dealkylation sites (tertiary alicyclic amines) is 1. The number of rotatable bonds is 4. The Labute approximate surface area is 189 Å². The molecule has 2 fully saturated rings. The normalized spacial score (nSPS) is 24.3. The third kappa shape index (κ3) is 3.68. The number of hydrogen-bond acceptors (Lipinski definition) is 4. The van der Waals surface area contributed by atoms with Crippen molar-refractivity contribution in [1.82, 2.24) is 19.7 Å². The van der Waals surface area contributed by atoms with Crippen LogP contribution in [0.25, 0.3) is 0 Å². The van der Waals surface area contributed by atoms with Gasteiger partial charge >= 0.3 is 6.03 Å². The van der Waals surface area contributed by atoms with Crippen molar-refractivity contribution in [3.8, 4) is 0 Å². The van der Waals surface area contributed by atoms with E-state index in [4.69, 9.17) is 11.6 Å². The highest BCUT2D eigenvalue weighted by atomic mass is 35.5. The number of urea groups is 1. The molecule has 3 aliphatic heterocycles. The smallest absolute Gasteiger partial charge is 0.325 e. The summed E-state index contributed by atoms with van der Waals surface area (Å²) in [4.78, 5) is 53.3. The van der Waals surface area contributed by atoms with Gasteiger partial charge in [0.05, 0.1) is 13.0 Å². The summed E-state index contributed by atoms with van der Waals surface area (Å²) in [5, 5.41) is 3.12. The summed E-state index contributed by atoms with van der Waals surface area (Å²) in [5.74, 6) is -0.274. The maximum Gasteiger partial charge on any atom is 0.325 e. The Morgan fingerprint density at radius 3 is 2.66 bits per heavy atom. The van der Waals surface area contributed by atoms with E-state index in [1.807, 2.05) is 10.6 Å². The van der Waals surface area contributed by atoms with Crippen molar-refractivity contribution >= 4 is 29.4 Å². The number of amides is 4. The number of benzene rings is 1. The molecule has 9 heteroatoms. The van der Waals surface area contributed by atoms with Gasteiger partial charge in [-0.2, -0.15) is 0 Å². The first-order valence-corrected chi connectivity index (χ1v) is 11.1. The molecule has 4 heterocycles. The van der Waals surface area contributed by atoms with Crippen LogP contribution in [0.2, 0.25) is 5.02 Å². The van der Waals surface area contributed by atoms with Crippen molar-refractivity contribution in [3.63, 3.8) is 0 Å². The quantitative estimate of drug-likeness (QED) is 0.715. The van der Waals surface area contributed by atoms with E-state index >= 15 is 0 Å². The zero-order chi connectivity index (χ0) is 22.4. The van der Waals surface area contributed by atoms with Crippen LogP contribution in [-0.2, 0) is 22.7 Å². The minimum absolute atomic E-state index is 0.00477. The van der Waals surface area contributed by atoms with E-state index in [1.165, 1.54) is 0 Å². The predicted molar refractivity (Wildman–Crippen MR) is 117 cm³/mol. The van der Waals surface area contributed by atoms with Gasteiger partial charge in [-0.1, -0.05) is 35.9 Å². The highest BCUT2D eigenvalue weighted by Crippen LogP contribution is 2.35. The van der Waals surface area contributed by atoms with Crippen LogP contribution in [0.1, 0.15) is 30.0 Å². The number of nitrogens with one attached hydrogen (secondary N) is 1. The number of piperidine rings is 1. The monoisotopic (exact) mass is 454 g/mol. The van der Waals surface area contributed by atoms with Gasteiger partial charge in [-0.15, -0.1) is 0 Å². The van der Waals surface area contributed by atoms with E-state index in [2.05, 4.69) is 5.32 Å². The molecule has 2 bridgehead atoms. The van der Waals surface area contributed by atoms with Gasteiger partial charge in [-0.25, -0.2) is 4.79 Å². The predicted octanol–water partition coefficient (Wildman–Crippen LogP) is 1.96. The molecule has 4 amide bonds. The van der Waals surface area contributed by atoms with Gasteiger partial charge in [0.1, 0.15) is 6.04 Å². The fourth-order valence-corrected chi connectivity index (χ4v) is 5.26. The molecule has 1 aromatic heterocycles. The van der Waals surface area contributed by atoms with E-state index < -0.39 is 18.0 Å². The van der Waals surface area contributed by atoms with Crippen LogP contribution in [0.4, 0.5) is 4.79 Å². The van der Waals surface area contributed by atoms with Crippen LogP contribution in [0.5, 0.6) is 0 Å². The molecule has 1 aromatic carbocycles. The fraction of sp³-hybridized carbons (Fsp3) is 0.391. The zero-order valence-electron chi connectivity index (χ0n) is 17.4. The molecule has 3 atom stereocenters. The Bertz CT molecular complexity index is 1160. The summed E-state index contributed by atoms with van der Waals surface area (Å²) in [6, 6.07) is 10.9. The second-order valence-corrected chi connectivity index (χ2v) is 9.13. The van der Waals surface area contributed by atoms with E-state index in [1.54, 1.807) is 41.3 Å². The molecule has 0 aliphatic carbocycles. The lowest BCUT2D eigenvalue weighted by molar-refractivity contribution is -0.137. The summed E-state index contributed by atoms with van der Waals surface area (Å²) in [5.41, 5.74) is 1.62. The van der Waals surface area contributed by atoms with Gasteiger partial charge < -0.3 is 14.8 Å². The molecule has 0 saturated carbocycles. The summed E-state index contributed by atoms with van der Waals surface area (Å²) in [6.45, 7) is 1.72. The van der Waals surface area contributed by atoms with Crippen LogP contribution in [0, 0.1) is 5.92 Å². The molecule has 0 spiro atoms. The van der Waals surface area contributed by atoms with E-state index in [-0.39, 0.29) is 36.3 Å². The largest absolute Gasteiger partial charge is 0.342 e. The molecule has 8 nitrogen and oxygen atoms in total. The first-order chi connectivity index (χ1) is 15.4. The van der Waals surface area contributed by atoms with Crippen molar-refractivity contribution in [1.29, 1.82) is 0 Å². The van der Waals surface area contributed by atoms with E-state index in [0.29, 0.717) is 30.2 Å². The number of hydrogen-bond donors (Lipinski definition) is 1. The van der Waals surface area contributed by atoms with Gasteiger partial charge in [0.15, 0.2) is 0 Å². The number of fused-ring (bicyclic) bond motifs is 4. The highest BCUT2D eigenvalue weighted by Gasteiger charge is 2.42. The first kappa shape index (κ1) is 20.8. The van der Waals surface area contributed by atoms with Crippen molar-refractivity contribution < 1.29 is 14.4 Å². The molecule has 2 aromatic rings. The highest BCUT2D eigenvalue weighted by molar-refractivity contribution is 6.31. The van der Waals surface area contributed by atoms with Crippen molar-refractivity contribution in [2.45, 2.75) is 37.9 Å². The van der Waals surface area contributed by atoms with Crippen LogP contribution in [-0.4, -0.2) is 51.3 Å². The van der Waals surface area contributed by atoms with E-state index in [9.17, 15) is 19.2 Å². The topological polar surface area (TPSA) is 91.7 Å². The maximum atomic E-state index is 13.0. The van der Waals surface area contributed by atoms with Crippen LogP contribution in [0.3, 0.4) is 0 Å². The van der Waals surface area contributed by atoms with Gasteiger partial charge in [0.25, 0.3) is 11.5 Å². The molecule has 1 N–H and O–H groups in total. The second-order valence-electron chi connectivity index (χ2n) is 8.72. The molecule has 2 saturated heterocycles. The lowest BCUT2D eigenvalue weighted by atomic mass is 9.83. The molecule has 3 aliphatic rings. The Morgan fingerprint density at radius 2 is 1.84 bits per heavy atom. The third-order valence-corrected chi connectivity index (χ3v) is 6.97. The molecule has 32 heavy (non-hydrogen) atoms. The van der Waals surface area contributed by atoms with Crippen molar-refractivity contribution in [2.75, 3.05) is 13.1 Å². The molecule has 166 valence electrons. The number of carbonyl (C=O) groups excluding carboxylic acids is 3. The van der Waals surface area contributed by atoms with Crippen LogP contribution >= 0.6 is 11.6 Å². The lowest BCUT2D eigenvalue weighted by Gasteiger charge is -2.43. The molecular formula is C23H23ClN4O4. The zero-order valence-corrected chi connectivity index (χ0v) is 18.1. The van der Waals surface area contributed by atoms with Gasteiger partial charge in [0, 0.05) is 42.3 Å². The average Bonchev–Trinajstić information content (AvgIpc) is 3.03. The number of imide groups is 1. The minimum atomic E-state index is -0.880. The van der Waals surface area contributed by atoms with Gasteiger partial charge in [0.2, 0.25) is 5.91 Å². The summed E-state index contributed by atoms with van der Waals surface area (Å²) >= 11 is 6.16. The number of aromatic nitrogens is 1. The van der Waals surface area contributed by atoms with Crippen LogP contribution < -0.4 is 10.9 Å². The SMILES string of the molecule is O=C(C[C@@H]1NC(=O)N(Cc2ccccc2Cl)C1=O)N1CC2CC(C1)c1cccc(=O)n1C2. The Hall–Kier alpha value is -3.13. The Kier molecular flexibility index (Phi) is 5.25. The summed E-state index contributed by atoms with van der Waals surface area (Å²) in [7, 11) is 0. The van der Waals surface area contributed by atoms with Crippen LogP contribution in [0.15, 0.2) is 47.3 Å². The standard InChI is InChI=1S/C23H23ClN4O4/c24-17-5-2-1-4-15(17)13-28-22(31)18(25-23(28)32)9-21(30)26-10-14-8-16(12-26)19-6-3-7-20(29)27(19)11-14/h1-7,14,16,18H,8-13H2,(H,25,32)/t14?,16?,18-/m0/s1. The Morgan fingerprint density at radius 1 is 1.03 bits per heavy atom. The molecule has 2 unspecified atom stereocenters. The molecule has 5 rings (SSSR count). The second kappa shape index (κ2) is 8.09. The average molecular weight is 455 g/mol. The maximum absolute atomic E-state index is 13.0. The third-order valence-electron chi connectivity index (χ3n) is 6.60. The number of nitrogens with zero attached hydrogens (tertiary/aromatic N) is 3. The van der Waals surface area contributed by atoms with Gasteiger partial charge in [-0.3, -0.25) is 19.3 Å². The molecular weight excluding hydrogens is 432 g/mol. The number of halogens is 1. The van der Waals surface area contributed by atoms with Gasteiger partial charge in [-0.05, 0) is 30.0 Å². The lowest BCUT2D eigenvalue weighted by Crippen LogP contribution is -2.50. The van der Waals surface area contributed by atoms with E-state index in [0.717, 1.165) is 17.0 Å². The Balaban J connectivity index is 1.26. The summed E-state index contributed by atoms with van der Waals surface area (Å²) in [6.07, 6.45) is 0.864. The first-order valence-electron chi connectivity index (χ1n) is 10.7. The number of carbonyl (C=O) groups is 3. The van der Waals surface area contributed by atoms with Crippen molar-refractivity contribution in [3.05, 3.63) is 69.1 Å². The van der Waals surface area contributed by atoms with Crippen molar-refractivity contribution in [2.24, 2.45) is 5.92 Å². The summed E-state index contributed by atoms with van der Waals surface area (Å²) < 4.78 is 1.81. The fourth-order valence-electron chi connectivity index (χ4n) is 5.07. The molecule has 0 radical (unpaired) electrons.